The number of nitrogens with one attached hydrogen (secondary N) is 1. The van der Waals surface area contributed by atoms with Gasteiger partial charge in [-0.1, -0.05) is 43.0 Å². The van der Waals surface area contributed by atoms with Gasteiger partial charge in [-0.2, -0.15) is 0 Å². The molecular weight excluding hydrogens is 380 g/mol. The number of hydroxylamine groups is 1. The highest BCUT2D eigenvalue weighted by Crippen LogP contribution is 2.19. The maximum absolute atomic E-state index is 12.1. The molecule has 1 aliphatic heterocycles. The second-order valence-electron chi connectivity index (χ2n) is 8.53. The van der Waals surface area contributed by atoms with Crippen molar-refractivity contribution in [2.75, 3.05) is 26.3 Å². The number of nitrogens with zero attached hydrogens (tertiary/aromatic N) is 1. The normalized spacial score (nSPS) is 15.2. The lowest BCUT2D eigenvalue weighted by atomic mass is 10.1. The first-order valence-corrected chi connectivity index (χ1v) is 10.5. The van der Waals surface area contributed by atoms with Crippen LogP contribution in [0.5, 0.6) is 0 Å². The molecule has 1 N–H and O–H groups in total. The lowest BCUT2D eigenvalue weighted by Crippen LogP contribution is -2.43. The zero-order valence-electron chi connectivity index (χ0n) is 18.1. The molecule has 0 bridgehead atoms. The van der Waals surface area contributed by atoms with E-state index < -0.39 is 5.60 Å². The van der Waals surface area contributed by atoms with Gasteiger partial charge in [-0.15, -0.1) is 0 Å². The fourth-order valence-corrected chi connectivity index (χ4v) is 3.36. The zero-order chi connectivity index (χ0) is 21.6. The van der Waals surface area contributed by atoms with Crippen LogP contribution in [0.1, 0.15) is 39.2 Å². The Kier molecular flexibility index (Phi) is 7.34. The predicted octanol–water partition coefficient (Wildman–Crippen LogP) is 4.75. The standard InChI is InChI=1S/C24H32N2O4/c1-18(20-10-9-19-7-5-6-8-21(19)17-20)25-29-16-15-28-22-11-13-26(14-12-22)23(27)30-24(2,3)4/h5-10,17,22,25H,1,11-16H2,2-4H3. The van der Waals surface area contributed by atoms with Gasteiger partial charge in [0.15, 0.2) is 0 Å². The van der Waals surface area contributed by atoms with Crippen LogP contribution in [0, 0.1) is 0 Å². The molecule has 0 unspecified atom stereocenters. The van der Waals surface area contributed by atoms with Crippen LogP contribution in [-0.2, 0) is 14.3 Å². The molecule has 0 spiro atoms. The largest absolute Gasteiger partial charge is 0.444 e. The predicted molar refractivity (Wildman–Crippen MR) is 119 cm³/mol. The highest BCUT2D eigenvalue weighted by Gasteiger charge is 2.27. The van der Waals surface area contributed by atoms with Crippen molar-refractivity contribution in [3.8, 4) is 0 Å². The number of carbonyl (C=O) groups excluding carboxylic acids is 1. The summed E-state index contributed by atoms with van der Waals surface area (Å²) in [5.74, 6) is 0. The van der Waals surface area contributed by atoms with E-state index in [-0.39, 0.29) is 12.2 Å². The first-order valence-electron chi connectivity index (χ1n) is 10.5. The smallest absolute Gasteiger partial charge is 0.410 e. The van der Waals surface area contributed by atoms with E-state index in [9.17, 15) is 4.79 Å². The van der Waals surface area contributed by atoms with Crippen LogP contribution in [-0.4, -0.2) is 49.0 Å². The number of ether oxygens (including phenoxy) is 2. The highest BCUT2D eigenvalue weighted by molar-refractivity contribution is 5.85. The Balaban J connectivity index is 1.32. The van der Waals surface area contributed by atoms with Crippen molar-refractivity contribution < 1.29 is 19.1 Å². The molecule has 1 heterocycles. The molecule has 0 atom stereocenters. The van der Waals surface area contributed by atoms with Crippen molar-refractivity contribution in [3.63, 3.8) is 0 Å². The number of piperidine rings is 1. The van der Waals surface area contributed by atoms with Crippen LogP contribution in [0.15, 0.2) is 49.0 Å². The molecule has 30 heavy (non-hydrogen) atoms. The summed E-state index contributed by atoms with van der Waals surface area (Å²) in [6.07, 6.45) is 1.49. The number of hydrogen-bond donors (Lipinski definition) is 1. The highest BCUT2D eigenvalue weighted by atomic mass is 16.7. The first-order chi connectivity index (χ1) is 14.3. The number of hydrogen-bond acceptors (Lipinski definition) is 5. The molecule has 1 saturated heterocycles. The summed E-state index contributed by atoms with van der Waals surface area (Å²) >= 11 is 0. The molecule has 6 nitrogen and oxygen atoms in total. The van der Waals surface area contributed by atoms with E-state index in [1.165, 1.54) is 10.8 Å². The SMILES string of the molecule is C=C(NOCCOC1CCN(C(=O)OC(C)(C)C)CC1)c1ccc2ccccc2c1. The van der Waals surface area contributed by atoms with Crippen LogP contribution in [0.2, 0.25) is 0 Å². The molecule has 2 aromatic rings. The quantitative estimate of drug-likeness (QED) is 0.525. The fraction of sp³-hybridized carbons (Fsp3) is 0.458. The maximum Gasteiger partial charge on any atom is 0.410 e. The van der Waals surface area contributed by atoms with Gasteiger partial charge in [-0.25, -0.2) is 4.79 Å². The molecule has 0 aromatic heterocycles. The van der Waals surface area contributed by atoms with Crippen molar-refractivity contribution in [2.45, 2.75) is 45.3 Å². The van der Waals surface area contributed by atoms with Crippen molar-refractivity contribution in [1.29, 1.82) is 0 Å². The van der Waals surface area contributed by atoms with Crippen molar-refractivity contribution >= 4 is 22.6 Å². The number of likely N-dealkylation sites (tertiary alicyclic amines) is 1. The number of carbonyl (C=O) groups is 1. The van der Waals surface area contributed by atoms with E-state index >= 15 is 0 Å². The van der Waals surface area contributed by atoms with Gasteiger partial charge in [0.1, 0.15) is 5.60 Å². The maximum atomic E-state index is 12.1. The molecule has 1 amide bonds. The minimum absolute atomic E-state index is 0.135. The van der Waals surface area contributed by atoms with Crippen molar-refractivity contribution in [2.24, 2.45) is 0 Å². The topological polar surface area (TPSA) is 60.0 Å². The summed E-state index contributed by atoms with van der Waals surface area (Å²) < 4.78 is 11.3. The van der Waals surface area contributed by atoms with Crippen molar-refractivity contribution in [3.05, 3.63) is 54.6 Å². The molecule has 3 rings (SSSR count). The van der Waals surface area contributed by atoms with E-state index in [0.29, 0.717) is 32.0 Å². The summed E-state index contributed by atoms with van der Waals surface area (Å²) in [5, 5.41) is 2.36. The van der Waals surface area contributed by atoms with Gasteiger partial charge in [0.05, 0.1) is 25.0 Å². The zero-order valence-corrected chi connectivity index (χ0v) is 18.1. The Labute approximate surface area is 178 Å². The van der Waals surface area contributed by atoms with Gasteiger partial charge in [0.2, 0.25) is 0 Å². The van der Waals surface area contributed by atoms with Crippen LogP contribution < -0.4 is 5.48 Å². The number of rotatable bonds is 7. The summed E-state index contributed by atoms with van der Waals surface area (Å²) in [5.41, 5.74) is 4.14. The van der Waals surface area contributed by atoms with E-state index in [1.54, 1.807) is 4.90 Å². The van der Waals surface area contributed by atoms with E-state index in [1.807, 2.05) is 39.0 Å². The summed E-state index contributed by atoms with van der Waals surface area (Å²) in [6, 6.07) is 14.4. The molecule has 0 aliphatic carbocycles. The molecular formula is C24H32N2O4. The molecule has 0 saturated carbocycles. The third kappa shape index (κ3) is 6.47. The number of amides is 1. The minimum atomic E-state index is -0.467. The van der Waals surface area contributed by atoms with Gasteiger partial charge in [-0.3, -0.25) is 10.3 Å². The average molecular weight is 413 g/mol. The third-order valence-electron chi connectivity index (χ3n) is 4.93. The van der Waals surface area contributed by atoms with Gasteiger partial charge >= 0.3 is 6.09 Å². The number of benzene rings is 2. The van der Waals surface area contributed by atoms with E-state index in [0.717, 1.165) is 18.4 Å². The molecule has 6 heteroatoms. The number of fused-ring (bicyclic) bond motifs is 1. The summed E-state index contributed by atoms with van der Waals surface area (Å²) in [4.78, 5) is 19.4. The van der Waals surface area contributed by atoms with Gasteiger partial charge in [-0.05, 0) is 56.0 Å². The average Bonchev–Trinajstić information content (AvgIpc) is 2.72. The minimum Gasteiger partial charge on any atom is -0.444 e. The molecule has 162 valence electrons. The second-order valence-corrected chi connectivity index (χ2v) is 8.53. The van der Waals surface area contributed by atoms with Gasteiger partial charge in [0, 0.05) is 13.1 Å². The monoisotopic (exact) mass is 412 g/mol. The summed E-state index contributed by atoms with van der Waals surface area (Å²) in [7, 11) is 0. The van der Waals surface area contributed by atoms with Crippen LogP contribution >= 0.6 is 0 Å². The Morgan fingerprint density at radius 2 is 1.80 bits per heavy atom. The lowest BCUT2D eigenvalue weighted by Gasteiger charge is -2.33. The van der Waals surface area contributed by atoms with Crippen LogP contribution in [0.3, 0.4) is 0 Å². The van der Waals surface area contributed by atoms with Crippen molar-refractivity contribution in [1.82, 2.24) is 10.4 Å². The van der Waals surface area contributed by atoms with Gasteiger partial charge in [0.25, 0.3) is 0 Å². The first kappa shape index (κ1) is 22.1. The Hall–Kier alpha value is -2.57. The van der Waals surface area contributed by atoms with Crippen LogP contribution in [0.4, 0.5) is 4.79 Å². The molecule has 2 aromatic carbocycles. The summed E-state index contributed by atoms with van der Waals surface area (Å²) in [6.45, 7) is 11.9. The Morgan fingerprint density at radius 1 is 1.10 bits per heavy atom. The molecule has 1 fully saturated rings. The Morgan fingerprint density at radius 3 is 2.50 bits per heavy atom. The molecule has 1 aliphatic rings. The van der Waals surface area contributed by atoms with Gasteiger partial charge < -0.3 is 14.4 Å². The van der Waals surface area contributed by atoms with E-state index in [4.69, 9.17) is 14.3 Å². The Bertz CT molecular complexity index is 867. The molecule has 0 radical (unpaired) electrons. The van der Waals surface area contributed by atoms with Crippen LogP contribution in [0.25, 0.3) is 16.5 Å². The van der Waals surface area contributed by atoms with E-state index in [2.05, 4.69) is 36.3 Å². The fourth-order valence-electron chi connectivity index (χ4n) is 3.36. The lowest BCUT2D eigenvalue weighted by molar-refractivity contribution is -0.0388. The third-order valence-corrected chi connectivity index (χ3v) is 4.93. The second kappa shape index (κ2) is 9.96.